The average molecular weight is 164 g/mol. The Bertz CT molecular complexity index is 126. The highest BCUT2D eigenvalue weighted by Gasteiger charge is 2.27. The van der Waals surface area contributed by atoms with Crippen molar-refractivity contribution >= 4 is 29.5 Å². The molecule has 1 heterocycles. The maximum Gasteiger partial charge on any atom is 0.317 e. The zero-order valence-electron chi connectivity index (χ0n) is 5.03. The minimum Gasteiger partial charge on any atom is -0.480 e. The Labute approximate surface area is 62.4 Å². The van der Waals surface area contributed by atoms with Gasteiger partial charge in [0.15, 0.2) is 0 Å². The van der Waals surface area contributed by atoms with E-state index in [0.29, 0.717) is 4.58 Å². The van der Waals surface area contributed by atoms with Crippen molar-refractivity contribution in [2.75, 3.05) is 5.75 Å². The molecular weight excluding hydrogens is 156 g/mol. The molecule has 0 saturated carbocycles. The summed E-state index contributed by atoms with van der Waals surface area (Å²) in [7, 11) is 0. The molecule has 0 amide bonds. The molecule has 2 unspecified atom stereocenters. The zero-order chi connectivity index (χ0) is 6.85. The van der Waals surface area contributed by atoms with Crippen LogP contribution in [-0.2, 0) is 4.79 Å². The molecule has 0 radical (unpaired) electrons. The van der Waals surface area contributed by atoms with Crippen molar-refractivity contribution in [3.8, 4) is 0 Å². The van der Waals surface area contributed by atoms with E-state index in [9.17, 15) is 4.79 Å². The van der Waals surface area contributed by atoms with Crippen molar-refractivity contribution in [3.05, 3.63) is 0 Å². The maximum atomic E-state index is 10.3. The van der Waals surface area contributed by atoms with Gasteiger partial charge in [0.2, 0.25) is 0 Å². The molecule has 2 atom stereocenters. The minimum absolute atomic E-state index is 0.162. The Morgan fingerprint density at radius 1 is 1.78 bits per heavy atom. The summed E-state index contributed by atoms with van der Waals surface area (Å²) in [6.45, 7) is 2.04. The third-order valence-electron chi connectivity index (χ3n) is 1.11. The van der Waals surface area contributed by atoms with E-state index in [-0.39, 0.29) is 5.25 Å². The van der Waals surface area contributed by atoms with Crippen molar-refractivity contribution in [3.63, 3.8) is 0 Å². The van der Waals surface area contributed by atoms with Crippen LogP contribution < -0.4 is 0 Å². The van der Waals surface area contributed by atoms with Gasteiger partial charge in [0.05, 0.1) is 0 Å². The average Bonchev–Trinajstić information content (AvgIpc) is 2.14. The van der Waals surface area contributed by atoms with E-state index in [1.54, 1.807) is 11.8 Å². The van der Waals surface area contributed by atoms with Crippen LogP contribution in [0.4, 0.5) is 0 Å². The van der Waals surface area contributed by atoms with Gasteiger partial charge in [0.1, 0.15) is 5.25 Å². The molecule has 0 aromatic rings. The highest BCUT2D eigenvalue weighted by molar-refractivity contribution is 8.20. The number of carboxylic acids is 1. The van der Waals surface area contributed by atoms with Crippen LogP contribution in [0.3, 0.4) is 0 Å². The topological polar surface area (TPSA) is 37.3 Å². The van der Waals surface area contributed by atoms with Gasteiger partial charge in [-0.25, -0.2) is 0 Å². The van der Waals surface area contributed by atoms with Crippen LogP contribution in [0.1, 0.15) is 6.92 Å². The summed E-state index contributed by atoms with van der Waals surface area (Å²) in [5, 5.41) is 8.33. The van der Waals surface area contributed by atoms with Crippen LogP contribution in [0.25, 0.3) is 0 Å². The van der Waals surface area contributed by atoms with Crippen LogP contribution in [-0.4, -0.2) is 26.7 Å². The summed E-state index contributed by atoms with van der Waals surface area (Å²) in [6.07, 6.45) is 0. The smallest absolute Gasteiger partial charge is 0.317 e. The van der Waals surface area contributed by atoms with Crippen molar-refractivity contribution in [1.29, 1.82) is 0 Å². The Balaban J connectivity index is 2.39. The molecule has 1 N–H and O–H groups in total. The molecule has 52 valence electrons. The summed E-state index contributed by atoms with van der Waals surface area (Å²) in [5.41, 5.74) is 0. The van der Waals surface area contributed by atoms with E-state index < -0.39 is 5.97 Å². The normalized spacial score (nSPS) is 34.8. The van der Waals surface area contributed by atoms with Gasteiger partial charge in [-0.2, -0.15) is 0 Å². The molecule has 1 fully saturated rings. The van der Waals surface area contributed by atoms with E-state index in [1.807, 2.05) is 6.92 Å². The molecule has 0 bridgehead atoms. The molecule has 1 saturated heterocycles. The molecule has 0 aromatic carbocycles. The Kier molecular flexibility index (Phi) is 2.29. The first-order chi connectivity index (χ1) is 4.20. The van der Waals surface area contributed by atoms with Crippen LogP contribution >= 0.6 is 23.5 Å². The Morgan fingerprint density at radius 2 is 2.44 bits per heavy atom. The first kappa shape index (κ1) is 7.28. The number of carbonyl (C=O) groups is 1. The second-order valence-corrected chi connectivity index (χ2v) is 5.08. The number of aliphatic carboxylic acids is 1. The molecule has 4 heteroatoms. The van der Waals surface area contributed by atoms with Crippen molar-refractivity contribution < 1.29 is 9.90 Å². The lowest BCUT2D eigenvalue weighted by Crippen LogP contribution is -2.14. The first-order valence-corrected chi connectivity index (χ1v) is 4.69. The third kappa shape index (κ3) is 1.79. The maximum absolute atomic E-state index is 10.3. The van der Waals surface area contributed by atoms with Gasteiger partial charge >= 0.3 is 5.97 Å². The van der Waals surface area contributed by atoms with E-state index >= 15 is 0 Å². The molecule has 9 heavy (non-hydrogen) atoms. The fraction of sp³-hybridized carbons (Fsp3) is 0.800. The summed E-state index contributed by atoms with van der Waals surface area (Å²) >= 11 is 3.25. The zero-order valence-corrected chi connectivity index (χ0v) is 6.67. The summed E-state index contributed by atoms with van der Waals surface area (Å²) in [5.74, 6) is 0.0955. The van der Waals surface area contributed by atoms with E-state index in [0.717, 1.165) is 5.75 Å². The lowest BCUT2D eigenvalue weighted by molar-refractivity contribution is -0.135. The molecular formula is C5H8O2S2. The minimum atomic E-state index is -0.670. The van der Waals surface area contributed by atoms with Gasteiger partial charge in [-0.15, -0.1) is 23.5 Å². The van der Waals surface area contributed by atoms with Crippen LogP contribution in [0.5, 0.6) is 0 Å². The highest BCUT2D eigenvalue weighted by atomic mass is 32.2. The number of thioether (sulfide) groups is 2. The number of hydrogen-bond acceptors (Lipinski definition) is 3. The summed E-state index contributed by atoms with van der Waals surface area (Å²) in [4.78, 5) is 10.3. The SMILES string of the molecule is CC1SCC(C(=O)O)S1. The van der Waals surface area contributed by atoms with E-state index in [4.69, 9.17) is 5.11 Å². The first-order valence-electron chi connectivity index (χ1n) is 2.70. The number of hydrogen-bond donors (Lipinski definition) is 1. The van der Waals surface area contributed by atoms with Gasteiger partial charge in [-0.3, -0.25) is 4.79 Å². The van der Waals surface area contributed by atoms with E-state index in [2.05, 4.69) is 0 Å². The predicted octanol–water partition coefficient (Wildman–Crippen LogP) is 1.27. The lowest BCUT2D eigenvalue weighted by Gasteiger charge is -1.98. The predicted molar refractivity (Wildman–Crippen MR) is 40.9 cm³/mol. The second kappa shape index (κ2) is 2.84. The molecule has 2 nitrogen and oxygen atoms in total. The Morgan fingerprint density at radius 3 is 2.67 bits per heavy atom. The molecule has 1 aliphatic heterocycles. The fourth-order valence-corrected chi connectivity index (χ4v) is 3.33. The summed E-state index contributed by atoms with van der Waals surface area (Å²) < 4.78 is 0.464. The van der Waals surface area contributed by atoms with Gasteiger partial charge in [0.25, 0.3) is 0 Å². The van der Waals surface area contributed by atoms with Gasteiger partial charge in [0, 0.05) is 10.3 Å². The van der Waals surface area contributed by atoms with Crippen molar-refractivity contribution in [1.82, 2.24) is 0 Å². The Hall–Kier alpha value is 0.170. The third-order valence-corrected chi connectivity index (χ3v) is 4.14. The molecule has 1 aliphatic rings. The summed E-state index contributed by atoms with van der Waals surface area (Å²) in [6, 6.07) is 0. The molecule has 0 aromatic heterocycles. The monoisotopic (exact) mass is 164 g/mol. The standard InChI is InChI=1S/C5H8O2S2/c1-3-8-2-4(9-3)5(6)7/h3-4H,2H2,1H3,(H,6,7). The number of carboxylic acid groups (broad SMARTS) is 1. The van der Waals surface area contributed by atoms with Crippen LogP contribution in [0.2, 0.25) is 0 Å². The highest BCUT2D eigenvalue weighted by Crippen LogP contribution is 2.37. The van der Waals surface area contributed by atoms with Gasteiger partial charge in [-0.05, 0) is 6.92 Å². The van der Waals surface area contributed by atoms with Crippen LogP contribution in [0.15, 0.2) is 0 Å². The van der Waals surface area contributed by atoms with Gasteiger partial charge in [-0.1, -0.05) is 0 Å². The van der Waals surface area contributed by atoms with Gasteiger partial charge < -0.3 is 5.11 Å². The van der Waals surface area contributed by atoms with E-state index in [1.165, 1.54) is 11.8 Å². The van der Waals surface area contributed by atoms with Crippen molar-refractivity contribution in [2.24, 2.45) is 0 Å². The molecule has 1 rings (SSSR count). The second-order valence-electron chi connectivity index (χ2n) is 1.86. The lowest BCUT2D eigenvalue weighted by atomic mass is 10.5. The molecule has 0 spiro atoms. The number of rotatable bonds is 1. The quantitative estimate of drug-likeness (QED) is 0.633. The van der Waals surface area contributed by atoms with Crippen molar-refractivity contribution in [2.45, 2.75) is 16.8 Å². The fourth-order valence-electron chi connectivity index (χ4n) is 0.662. The molecule has 0 aliphatic carbocycles. The van der Waals surface area contributed by atoms with Crippen LogP contribution in [0, 0.1) is 0 Å². The largest absolute Gasteiger partial charge is 0.480 e.